The first kappa shape index (κ1) is 18.0. The zero-order valence-electron chi connectivity index (χ0n) is 16.9. The summed E-state index contributed by atoms with van der Waals surface area (Å²) < 4.78 is 34.7. The Morgan fingerprint density at radius 1 is 1.28 bits per heavy atom. The number of aromatic nitrogens is 6. The molecular weight excluding hydrogens is 420 g/mol. The SMILES string of the molecule is Cn1cnc2ncn(Cc3nc([C@@]45C6[C@H]4[C@H]5CN6c4cccc(C(F)F)c4)no3)c(=O)c21. The molecule has 3 aromatic heterocycles. The van der Waals surface area contributed by atoms with Crippen LogP contribution in [0.5, 0.6) is 0 Å². The van der Waals surface area contributed by atoms with Crippen LogP contribution in [0.15, 0.2) is 46.2 Å². The van der Waals surface area contributed by atoms with Crippen molar-refractivity contribution in [3.8, 4) is 0 Å². The molecule has 4 aromatic rings. The Bertz CT molecular complexity index is 1450. The van der Waals surface area contributed by atoms with E-state index in [9.17, 15) is 13.6 Å². The van der Waals surface area contributed by atoms with E-state index in [1.807, 2.05) is 6.07 Å². The lowest BCUT2D eigenvalue weighted by Crippen LogP contribution is -2.23. The van der Waals surface area contributed by atoms with E-state index >= 15 is 0 Å². The van der Waals surface area contributed by atoms with Crippen LogP contribution < -0.4 is 10.5 Å². The molecule has 1 aromatic carbocycles. The summed E-state index contributed by atoms with van der Waals surface area (Å²) in [4.78, 5) is 27.8. The molecule has 2 aliphatic heterocycles. The van der Waals surface area contributed by atoms with Crippen LogP contribution in [0.1, 0.15) is 23.7 Å². The largest absolute Gasteiger partial charge is 0.367 e. The second-order valence-corrected chi connectivity index (χ2v) is 8.78. The number of hydrogen-bond donors (Lipinski definition) is 0. The summed E-state index contributed by atoms with van der Waals surface area (Å²) in [5, 5.41) is 4.22. The average Bonchev–Trinajstić information content (AvgIpc) is 3.24. The minimum atomic E-state index is -2.49. The zero-order chi connectivity index (χ0) is 21.8. The maximum Gasteiger partial charge on any atom is 0.280 e. The summed E-state index contributed by atoms with van der Waals surface area (Å²) in [7, 11) is 1.74. The van der Waals surface area contributed by atoms with E-state index in [1.54, 1.807) is 30.1 Å². The molecule has 5 heterocycles. The van der Waals surface area contributed by atoms with Gasteiger partial charge in [-0.3, -0.25) is 9.36 Å². The van der Waals surface area contributed by atoms with Gasteiger partial charge in [-0.1, -0.05) is 17.3 Å². The Hall–Kier alpha value is -3.63. The first-order valence-electron chi connectivity index (χ1n) is 10.3. The summed E-state index contributed by atoms with van der Waals surface area (Å²) in [5.74, 6) is 1.81. The Kier molecular flexibility index (Phi) is 3.25. The first-order chi connectivity index (χ1) is 15.5. The van der Waals surface area contributed by atoms with Crippen molar-refractivity contribution in [3.05, 3.63) is 64.6 Å². The molecule has 0 radical (unpaired) electrons. The van der Waals surface area contributed by atoms with Crippen molar-refractivity contribution in [2.24, 2.45) is 18.9 Å². The third-order valence-corrected chi connectivity index (χ3v) is 7.25. The summed E-state index contributed by atoms with van der Waals surface area (Å²) in [5.41, 5.74) is 1.26. The summed E-state index contributed by atoms with van der Waals surface area (Å²) in [6, 6.07) is 6.76. The number of halogens is 2. The number of imidazole rings is 1. The standard InChI is InChI=1S/C21H17F2N7O2/c1-28-8-24-18-15(28)19(31)29(9-25-18)7-13-26-20(27-32-13)21-12-6-30(16(21)14(12)21)11-4-2-3-10(5-11)17(22)23/h2-5,8-9,12,14,16-17H,6-7H2,1H3/t12-,14-,16?,21-/m1/s1. The molecule has 32 heavy (non-hydrogen) atoms. The fourth-order valence-electron chi connectivity index (χ4n) is 5.67. The third-order valence-electron chi connectivity index (χ3n) is 7.25. The highest BCUT2D eigenvalue weighted by Gasteiger charge is 2.95. The molecule has 2 saturated heterocycles. The number of hydrogen-bond acceptors (Lipinski definition) is 7. The van der Waals surface area contributed by atoms with Gasteiger partial charge in [0.2, 0.25) is 5.89 Å². The number of fused-ring (bicyclic) bond motifs is 2. The summed E-state index contributed by atoms with van der Waals surface area (Å²) in [6.45, 7) is 0.919. The Balaban J connectivity index is 1.15. The van der Waals surface area contributed by atoms with Crippen molar-refractivity contribution in [1.82, 2.24) is 29.2 Å². The van der Waals surface area contributed by atoms with E-state index in [-0.39, 0.29) is 29.1 Å². The number of benzene rings is 1. The highest BCUT2D eigenvalue weighted by molar-refractivity contribution is 5.69. The molecule has 9 nitrogen and oxygen atoms in total. The molecule has 2 aliphatic carbocycles. The van der Waals surface area contributed by atoms with E-state index in [1.165, 1.54) is 17.0 Å². The van der Waals surface area contributed by atoms with Crippen LogP contribution in [0, 0.1) is 11.8 Å². The number of anilines is 1. The minimum absolute atomic E-state index is 0.0296. The molecule has 2 bridgehead atoms. The van der Waals surface area contributed by atoms with E-state index in [0.717, 1.165) is 12.2 Å². The zero-order valence-corrected chi connectivity index (χ0v) is 16.9. The van der Waals surface area contributed by atoms with Crippen molar-refractivity contribution >= 4 is 16.9 Å². The van der Waals surface area contributed by atoms with Gasteiger partial charge in [-0.25, -0.2) is 18.7 Å². The molecule has 4 atom stereocenters. The second-order valence-electron chi connectivity index (χ2n) is 8.78. The van der Waals surface area contributed by atoms with Crippen molar-refractivity contribution in [2.75, 3.05) is 11.4 Å². The van der Waals surface area contributed by atoms with Crippen LogP contribution in [0.2, 0.25) is 0 Å². The lowest BCUT2D eigenvalue weighted by Gasteiger charge is -2.19. The van der Waals surface area contributed by atoms with Gasteiger partial charge in [0, 0.05) is 36.8 Å². The average molecular weight is 437 g/mol. The normalized spacial score (nSPS) is 27.4. The number of aryl methyl sites for hydroxylation is 1. The lowest BCUT2D eigenvalue weighted by atomic mass is 10.1. The van der Waals surface area contributed by atoms with Crippen LogP contribution in [0.3, 0.4) is 0 Å². The fraction of sp³-hybridized carbons (Fsp3) is 0.381. The highest BCUT2D eigenvalue weighted by atomic mass is 19.3. The van der Waals surface area contributed by atoms with Gasteiger partial charge in [-0.05, 0) is 18.1 Å². The molecule has 0 spiro atoms. The van der Waals surface area contributed by atoms with Gasteiger partial charge in [0.25, 0.3) is 12.0 Å². The van der Waals surface area contributed by atoms with E-state index in [2.05, 4.69) is 25.0 Å². The van der Waals surface area contributed by atoms with Crippen LogP contribution in [0.4, 0.5) is 14.5 Å². The van der Waals surface area contributed by atoms with Crippen LogP contribution in [-0.2, 0) is 19.0 Å². The minimum Gasteiger partial charge on any atom is -0.367 e. The van der Waals surface area contributed by atoms with Gasteiger partial charge in [-0.15, -0.1) is 0 Å². The molecule has 11 heteroatoms. The monoisotopic (exact) mass is 437 g/mol. The number of rotatable bonds is 5. The lowest BCUT2D eigenvalue weighted by molar-refractivity contribution is 0.151. The maximum atomic E-state index is 13.1. The fourth-order valence-corrected chi connectivity index (χ4v) is 5.67. The highest BCUT2D eigenvalue weighted by Crippen LogP contribution is 2.85. The molecule has 8 rings (SSSR count). The van der Waals surface area contributed by atoms with Crippen LogP contribution in [-0.4, -0.2) is 41.8 Å². The van der Waals surface area contributed by atoms with E-state index < -0.39 is 6.43 Å². The van der Waals surface area contributed by atoms with Gasteiger partial charge < -0.3 is 14.0 Å². The molecule has 162 valence electrons. The molecule has 4 fully saturated rings. The van der Waals surface area contributed by atoms with Gasteiger partial charge in [0.15, 0.2) is 17.0 Å². The topological polar surface area (TPSA) is 94.9 Å². The van der Waals surface area contributed by atoms with Crippen molar-refractivity contribution in [2.45, 2.75) is 24.4 Å². The summed E-state index contributed by atoms with van der Waals surface area (Å²) in [6.07, 6.45) is 0.488. The Morgan fingerprint density at radius 3 is 2.94 bits per heavy atom. The van der Waals surface area contributed by atoms with Gasteiger partial charge in [0.05, 0.1) is 11.7 Å². The van der Waals surface area contributed by atoms with Crippen molar-refractivity contribution in [3.63, 3.8) is 0 Å². The molecular formula is C21H17F2N7O2. The first-order valence-corrected chi connectivity index (χ1v) is 10.3. The Labute approximate surface area is 179 Å². The predicted octanol–water partition coefficient (Wildman–Crippen LogP) is 1.89. The maximum absolute atomic E-state index is 13.1. The smallest absolute Gasteiger partial charge is 0.280 e. The Morgan fingerprint density at radius 2 is 2.12 bits per heavy atom. The summed E-state index contributed by atoms with van der Waals surface area (Å²) >= 11 is 0. The van der Waals surface area contributed by atoms with Crippen LogP contribution in [0.25, 0.3) is 11.2 Å². The predicted molar refractivity (Wildman–Crippen MR) is 107 cm³/mol. The van der Waals surface area contributed by atoms with Gasteiger partial charge in [0.1, 0.15) is 12.9 Å². The third kappa shape index (κ3) is 2.13. The van der Waals surface area contributed by atoms with Crippen molar-refractivity contribution in [1.29, 1.82) is 0 Å². The quantitative estimate of drug-likeness (QED) is 0.471. The molecule has 1 unspecified atom stereocenters. The van der Waals surface area contributed by atoms with E-state index in [4.69, 9.17) is 4.52 Å². The second kappa shape index (κ2) is 5.78. The number of nitrogens with zero attached hydrogens (tertiary/aromatic N) is 7. The van der Waals surface area contributed by atoms with Crippen molar-refractivity contribution < 1.29 is 13.3 Å². The van der Waals surface area contributed by atoms with E-state index in [0.29, 0.717) is 34.7 Å². The van der Waals surface area contributed by atoms with Gasteiger partial charge in [-0.2, -0.15) is 4.98 Å². The molecule has 4 aliphatic rings. The molecule has 0 N–H and O–H groups in total. The molecule has 0 amide bonds. The number of alkyl halides is 2. The number of piperidine rings is 1. The molecule has 2 saturated carbocycles. The van der Waals surface area contributed by atoms with Crippen LogP contribution >= 0.6 is 0 Å². The van der Waals surface area contributed by atoms with Gasteiger partial charge >= 0.3 is 0 Å².